The number of imidazole rings is 1. The Balaban J connectivity index is 1.29. The topological polar surface area (TPSA) is 58.4 Å². The van der Waals surface area contributed by atoms with Crippen molar-refractivity contribution in [1.82, 2.24) is 19.4 Å². The summed E-state index contributed by atoms with van der Waals surface area (Å²) in [6.07, 6.45) is -4.52. The first-order valence-electron chi connectivity index (χ1n) is 11.5. The van der Waals surface area contributed by atoms with Crippen molar-refractivity contribution < 1.29 is 22.8 Å². The molecule has 0 aliphatic carbocycles. The van der Waals surface area contributed by atoms with Gasteiger partial charge in [0, 0.05) is 43.0 Å². The van der Waals surface area contributed by atoms with Gasteiger partial charge in [-0.3, -0.25) is 14.2 Å². The van der Waals surface area contributed by atoms with Crippen LogP contribution in [0.3, 0.4) is 0 Å². The summed E-state index contributed by atoms with van der Waals surface area (Å²) < 4.78 is 41.1. The SMILES string of the molecule is Cc1nc2cc(C(=O)N3CCN(C(=O)c4cccc(C(F)(F)F)c4)CC3)ccc2n1-c1ccccc1. The number of carbonyl (C=O) groups is 2. The summed E-state index contributed by atoms with van der Waals surface area (Å²) in [5.74, 6) is 0.161. The molecule has 3 aromatic carbocycles. The highest BCUT2D eigenvalue weighted by Crippen LogP contribution is 2.30. The monoisotopic (exact) mass is 492 g/mol. The molecule has 9 heteroatoms. The molecule has 0 radical (unpaired) electrons. The molecule has 0 atom stereocenters. The quantitative estimate of drug-likeness (QED) is 0.407. The molecule has 1 saturated heterocycles. The second kappa shape index (κ2) is 9.14. The molecule has 0 saturated carbocycles. The number of fused-ring (bicyclic) bond motifs is 1. The van der Waals surface area contributed by atoms with E-state index >= 15 is 0 Å². The number of carbonyl (C=O) groups excluding carboxylic acids is 2. The number of amides is 2. The Hall–Kier alpha value is -4.14. The first-order chi connectivity index (χ1) is 17.2. The number of aryl methyl sites for hydroxylation is 1. The number of aromatic nitrogens is 2. The third-order valence-electron chi connectivity index (χ3n) is 6.37. The van der Waals surface area contributed by atoms with Crippen LogP contribution in [0.1, 0.15) is 32.1 Å². The lowest BCUT2D eigenvalue weighted by molar-refractivity contribution is -0.137. The van der Waals surface area contributed by atoms with Crippen LogP contribution in [0.25, 0.3) is 16.7 Å². The van der Waals surface area contributed by atoms with E-state index in [4.69, 9.17) is 0 Å². The van der Waals surface area contributed by atoms with Gasteiger partial charge in [-0.15, -0.1) is 0 Å². The van der Waals surface area contributed by atoms with E-state index in [2.05, 4.69) is 4.98 Å². The highest BCUT2D eigenvalue weighted by molar-refractivity contribution is 5.98. The number of hydrogen-bond donors (Lipinski definition) is 0. The molecule has 2 amide bonds. The third-order valence-corrected chi connectivity index (χ3v) is 6.37. The molecule has 5 rings (SSSR count). The van der Waals surface area contributed by atoms with Crippen LogP contribution in [-0.2, 0) is 6.18 Å². The normalized spacial score (nSPS) is 14.3. The molecule has 36 heavy (non-hydrogen) atoms. The van der Waals surface area contributed by atoms with Crippen molar-refractivity contribution in [2.24, 2.45) is 0 Å². The van der Waals surface area contributed by atoms with E-state index in [1.54, 1.807) is 17.0 Å². The summed E-state index contributed by atoms with van der Waals surface area (Å²) in [5.41, 5.74) is 2.21. The lowest BCUT2D eigenvalue weighted by atomic mass is 10.1. The van der Waals surface area contributed by atoms with Gasteiger partial charge in [-0.2, -0.15) is 13.2 Å². The standard InChI is InChI=1S/C27H23F3N4O2/c1-18-31-23-17-20(10-11-24(23)34(18)22-8-3-2-4-9-22)26(36)33-14-12-32(13-15-33)25(35)19-6-5-7-21(16-19)27(28,29)30/h2-11,16-17H,12-15H2,1H3. The van der Waals surface area contributed by atoms with Crippen molar-refractivity contribution in [3.63, 3.8) is 0 Å². The number of halogens is 3. The summed E-state index contributed by atoms with van der Waals surface area (Å²) in [7, 11) is 0. The molecule has 0 N–H and O–H groups in total. The highest BCUT2D eigenvalue weighted by atomic mass is 19.4. The number of hydrogen-bond acceptors (Lipinski definition) is 3. The average Bonchev–Trinajstić information content (AvgIpc) is 3.22. The second-order valence-corrected chi connectivity index (χ2v) is 8.70. The lowest BCUT2D eigenvalue weighted by Gasteiger charge is -2.35. The minimum atomic E-state index is -4.52. The Morgan fingerprint density at radius 3 is 2.00 bits per heavy atom. The smallest absolute Gasteiger partial charge is 0.335 e. The van der Waals surface area contributed by atoms with E-state index in [0.29, 0.717) is 24.2 Å². The van der Waals surface area contributed by atoms with Gasteiger partial charge in [-0.1, -0.05) is 24.3 Å². The van der Waals surface area contributed by atoms with Crippen molar-refractivity contribution in [2.75, 3.05) is 26.2 Å². The van der Waals surface area contributed by atoms with Gasteiger partial charge in [0.2, 0.25) is 0 Å². The van der Waals surface area contributed by atoms with Crippen LogP contribution in [0.15, 0.2) is 72.8 Å². The predicted molar refractivity (Wildman–Crippen MR) is 129 cm³/mol. The molecule has 0 spiro atoms. The van der Waals surface area contributed by atoms with E-state index in [1.807, 2.05) is 47.9 Å². The number of rotatable bonds is 3. The van der Waals surface area contributed by atoms with Crippen LogP contribution < -0.4 is 0 Å². The lowest BCUT2D eigenvalue weighted by Crippen LogP contribution is -2.50. The molecule has 1 aromatic heterocycles. The minimum absolute atomic E-state index is 0.0144. The van der Waals surface area contributed by atoms with E-state index < -0.39 is 17.6 Å². The number of nitrogens with zero attached hydrogens (tertiary/aromatic N) is 4. The van der Waals surface area contributed by atoms with Gasteiger partial charge < -0.3 is 9.80 Å². The fraction of sp³-hybridized carbons (Fsp3) is 0.222. The summed E-state index contributed by atoms with van der Waals surface area (Å²) in [6, 6.07) is 19.7. The Kier molecular flexibility index (Phi) is 5.99. The number of alkyl halides is 3. The summed E-state index contributed by atoms with van der Waals surface area (Å²) in [5, 5.41) is 0. The molecule has 2 heterocycles. The maximum atomic E-state index is 13.2. The Morgan fingerprint density at radius 2 is 1.39 bits per heavy atom. The Labute approximate surface area is 205 Å². The van der Waals surface area contributed by atoms with Crippen molar-refractivity contribution in [1.29, 1.82) is 0 Å². The maximum absolute atomic E-state index is 13.2. The highest BCUT2D eigenvalue weighted by Gasteiger charge is 2.32. The van der Waals surface area contributed by atoms with E-state index in [1.165, 1.54) is 17.0 Å². The predicted octanol–water partition coefficient (Wildman–Crippen LogP) is 4.95. The van der Waals surface area contributed by atoms with Gasteiger partial charge in [0.1, 0.15) is 5.82 Å². The van der Waals surface area contributed by atoms with Crippen LogP contribution in [0.4, 0.5) is 13.2 Å². The molecule has 1 aliphatic heterocycles. The molecule has 1 fully saturated rings. The van der Waals surface area contributed by atoms with Crippen molar-refractivity contribution >= 4 is 22.8 Å². The molecule has 0 bridgehead atoms. The number of para-hydroxylation sites is 1. The van der Waals surface area contributed by atoms with Gasteiger partial charge in [0.05, 0.1) is 16.6 Å². The van der Waals surface area contributed by atoms with Crippen LogP contribution in [-0.4, -0.2) is 57.3 Å². The van der Waals surface area contributed by atoms with E-state index in [0.717, 1.165) is 29.2 Å². The molecular formula is C27H23F3N4O2. The molecule has 184 valence electrons. The van der Waals surface area contributed by atoms with Crippen LogP contribution in [0, 0.1) is 6.92 Å². The second-order valence-electron chi connectivity index (χ2n) is 8.70. The third kappa shape index (κ3) is 4.44. The van der Waals surface area contributed by atoms with Gasteiger partial charge in [0.25, 0.3) is 11.8 Å². The van der Waals surface area contributed by atoms with E-state index in [-0.39, 0.29) is 24.6 Å². The van der Waals surface area contributed by atoms with Crippen LogP contribution in [0.2, 0.25) is 0 Å². The zero-order valence-electron chi connectivity index (χ0n) is 19.5. The number of benzene rings is 3. The first kappa shape index (κ1) is 23.6. The van der Waals surface area contributed by atoms with Crippen molar-refractivity contribution in [3.05, 3.63) is 95.3 Å². The largest absolute Gasteiger partial charge is 0.416 e. The molecule has 1 aliphatic rings. The first-order valence-corrected chi connectivity index (χ1v) is 11.5. The summed E-state index contributed by atoms with van der Waals surface area (Å²) >= 11 is 0. The van der Waals surface area contributed by atoms with E-state index in [9.17, 15) is 22.8 Å². The summed E-state index contributed by atoms with van der Waals surface area (Å²) in [6.45, 7) is 2.98. The van der Waals surface area contributed by atoms with Gasteiger partial charge in [0.15, 0.2) is 0 Å². The zero-order chi connectivity index (χ0) is 25.4. The fourth-order valence-electron chi connectivity index (χ4n) is 4.54. The van der Waals surface area contributed by atoms with Gasteiger partial charge in [-0.25, -0.2) is 4.98 Å². The van der Waals surface area contributed by atoms with Crippen molar-refractivity contribution in [2.45, 2.75) is 13.1 Å². The fourth-order valence-corrected chi connectivity index (χ4v) is 4.54. The number of piperazine rings is 1. The molecular weight excluding hydrogens is 469 g/mol. The molecule has 6 nitrogen and oxygen atoms in total. The Morgan fingerprint density at radius 1 is 0.778 bits per heavy atom. The van der Waals surface area contributed by atoms with Crippen molar-refractivity contribution in [3.8, 4) is 5.69 Å². The molecule has 4 aromatic rings. The zero-order valence-corrected chi connectivity index (χ0v) is 19.5. The maximum Gasteiger partial charge on any atom is 0.416 e. The minimum Gasteiger partial charge on any atom is -0.335 e. The van der Waals surface area contributed by atoms with Gasteiger partial charge >= 0.3 is 6.18 Å². The molecule has 0 unspecified atom stereocenters. The van der Waals surface area contributed by atoms with Crippen LogP contribution in [0.5, 0.6) is 0 Å². The van der Waals surface area contributed by atoms with Crippen LogP contribution >= 0.6 is 0 Å². The average molecular weight is 493 g/mol. The Bertz CT molecular complexity index is 1440. The van der Waals surface area contributed by atoms with Gasteiger partial charge in [-0.05, 0) is 55.5 Å². The summed E-state index contributed by atoms with van der Waals surface area (Å²) in [4.78, 5) is 33.7.